The summed E-state index contributed by atoms with van der Waals surface area (Å²) < 4.78 is 53.6. The van der Waals surface area contributed by atoms with E-state index in [2.05, 4.69) is 0 Å². The van der Waals surface area contributed by atoms with Gasteiger partial charge in [-0.1, -0.05) is 23.8 Å². The van der Waals surface area contributed by atoms with Crippen LogP contribution in [0.1, 0.15) is 61.4 Å². The van der Waals surface area contributed by atoms with Gasteiger partial charge in [-0.2, -0.15) is 0 Å². The predicted molar refractivity (Wildman–Crippen MR) is 138 cm³/mol. The second kappa shape index (κ2) is 12.2. The van der Waals surface area contributed by atoms with Crippen LogP contribution in [0, 0.1) is 12.7 Å². The van der Waals surface area contributed by atoms with Gasteiger partial charge in [0.05, 0.1) is 25.0 Å². The van der Waals surface area contributed by atoms with E-state index in [-0.39, 0.29) is 29.5 Å². The standard InChI is InChI=1S/C28H32FNO6S/c1-5-36-28(32)17-24(22-11-14-27(35-4)25(29)16-22)26-15-21(8-6-7-20(3)31)18-30(26)37(33,34)23-12-9-19(2)10-13-23/h9-16,18,24H,5-8,17H2,1-4H3. The smallest absolute Gasteiger partial charge is 0.306 e. The fourth-order valence-corrected chi connectivity index (χ4v) is 5.60. The Kier molecular flexibility index (Phi) is 9.26. The molecular weight excluding hydrogens is 497 g/mol. The van der Waals surface area contributed by atoms with Crippen LogP contribution in [0.25, 0.3) is 0 Å². The molecule has 1 atom stereocenters. The maximum atomic E-state index is 14.7. The summed E-state index contributed by atoms with van der Waals surface area (Å²) in [6.45, 7) is 5.20. The first-order valence-corrected chi connectivity index (χ1v) is 13.5. The van der Waals surface area contributed by atoms with Gasteiger partial charge >= 0.3 is 5.97 Å². The summed E-state index contributed by atoms with van der Waals surface area (Å²) in [6, 6.07) is 12.5. The minimum absolute atomic E-state index is 0.0335. The van der Waals surface area contributed by atoms with Crippen molar-refractivity contribution in [1.82, 2.24) is 3.97 Å². The number of carbonyl (C=O) groups excluding carboxylic acids is 2. The van der Waals surface area contributed by atoms with Crippen LogP contribution in [0.15, 0.2) is 59.6 Å². The lowest BCUT2D eigenvalue weighted by molar-refractivity contribution is -0.143. The van der Waals surface area contributed by atoms with Gasteiger partial charge in [-0.15, -0.1) is 0 Å². The van der Waals surface area contributed by atoms with Crippen molar-refractivity contribution in [3.05, 3.63) is 82.9 Å². The summed E-state index contributed by atoms with van der Waals surface area (Å²) in [5.41, 5.74) is 2.30. The largest absolute Gasteiger partial charge is 0.494 e. The summed E-state index contributed by atoms with van der Waals surface area (Å²) in [4.78, 5) is 24.1. The maximum Gasteiger partial charge on any atom is 0.306 e. The van der Waals surface area contributed by atoms with Crippen molar-refractivity contribution < 1.29 is 31.9 Å². The number of halogens is 1. The number of carbonyl (C=O) groups is 2. The van der Waals surface area contributed by atoms with Crippen LogP contribution >= 0.6 is 0 Å². The Labute approximate surface area is 217 Å². The van der Waals surface area contributed by atoms with Gasteiger partial charge in [0.15, 0.2) is 11.6 Å². The third-order valence-corrected chi connectivity index (χ3v) is 7.76. The Hall–Kier alpha value is -3.46. The van der Waals surface area contributed by atoms with Gasteiger partial charge in [0.25, 0.3) is 10.0 Å². The van der Waals surface area contributed by atoms with Gasteiger partial charge in [-0.25, -0.2) is 16.8 Å². The van der Waals surface area contributed by atoms with Crippen LogP contribution in [-0.2, 0) is 30.8 Å². The number of aryl methyl sites for hydroxylation is 2. The second-order valence-corrected chi connectivity index (χ2v) is 10.7. The number of ketones is 1. The summed E-state index contributed by atoms with van der Waals surface area (Å²) in [7, 11) is -2.70. The van der Waals surface area contributed by atoms with Gasteiger partial charge in [0.2, 0.25) is 0 Å². The zero-order valence-corrected chi connectivity index (χ0v) is 22.3. The van der Waals surface area contributed by atoms with E-state index >= 15 is 0 Å². The van der Waals surface area contributed by atoms with E-state index < -0.39 is 27.7 Å². The van der Waals surface area contributed by atoms with E-state index in [1.807, 2.05) is 6.92 Å². The Morgan fingerprint density at radius 2 is 1.78 bits per heavy atom. The molecule has 0 saturated heterocycles. The van der Waals surface area contributed by atoms with E-state index in [0.29, 0.717) is 36.1 Å². The minimum Gasteiger partial charge on any atom is -0.494 e. The SMILES string of the molecule is CCOC(=O)CC(c1ccc(OC)c(F)c1)c1cc(CCCC(C)=O)cn1S(=O)(=O)c1ccc(C)cc1. The van der Waals surface area contributed by atoms with Gasteiger partial charge in [0, 0.05) is 24.2 Å². The summed E-state index contributed by atoms with van der Waals surface area (Å²) in [6.07, 6.45) is 2.69. The highest BCUT2D eigenvalue weighted by Crippen LogP contribution is 2.34. The Bertz CT molecular complexity index is 1360. The molecule has 0 aliphatic carbocycles. The molecular formula is C28H32FNO6S. The monoisotopic (exact) mass is 529 g/mol. The zero-order valence-electron chi connectivity index (χ0n) is 21.5. The fourth-order valence-electron chi connectivity index (χ4n) is 4.16. The van der Waals surface area contributed by atoms with E-state index in [0.717, 1.165) is 9.54 Å². The molecule has 9 heteroatoms. The van der Waals surface area contributed by atoms with Crippen molar-refractivity contribution in [3.63, 3.8) is 0 Å². The Balaban J connectivity index is 2.18. The molecule has 3 rings (SSSR count). The first kappa shape index (κ1) is 28.1. The van der Waals surface area contributed by atoms with Crippen molar-refractivity contribution in [2.75, 3.05) is 13.7 Å². The first-order chi connectivity index (χ1) is 17.6. The van der Waals surface area contributed by atoms with E-state index in [9.17, 15) is 22.4 Å². The van der Waals surface area contributed by atoms with Gasteiger partial charge < -0.3 is 14.3 Å². The molecule has 0 spiro atoms. The summed E-state index contributed by atoms with van der Waals surface area (Å²) in [5, 5.41) is 0. The quantitative estimate of drug-likeness (QED) is 0.300. The molecule has 37 heavy (non-hydrogen) atoms. The first-order valence-electron chi connectivity index (χ1n) is 12.1. The molecule has 0 aliphatic heterocycles. The van der Waals surface area contributed by atoms with Gasteiger partial charge in [-0.3, -0.25) is 4.79 Å². The second-order valence-electron chi connectivity index (χ2n) is 8.90. The summed E-state index contributed by atoms with van der Waals surface area (Å²) >= 11 is 0. The molecule has 3 aromatic rings. The lowest BCUT2D eigenvalue weighted by Gasteiger charge is -2.20. The number of benzene rings is 2. The van der Waals surface area contributed by atoms with Crippen molar-refractivity contribution in [1.29, 1.82) is 0 Å². The molecule has 0 radical (unpaired) electrons. The fraction of sp³-hybridized carbons (Fsp3) is 0.357. The number of hydrogen-bond acceptors (Lipinski definition) is 6. The predicted octanol–water partition coefficient (Wildman–Crippen LogP) is 5.18. The molecule has 1 aromatic heterocycles. The highest BCUT2D eigenvalue weighted by molar-refractivity contribution is 7.90. The Morgan fingerprint density at radius 3 is 2.38 bits per heavy atom. The summed E-state index contributed by atoms with van der Waals surface area (Å²) in [5.74, 6) is -1.91. The molecule has 0 aliphatic rings. The number of nitrogens with zero attached hydrogens (tertiary/aromatic N) is 1. The number of ether oxygens (including phenoxy) is 2. The van der Waals surface area contributed by atoms with Crippen molar-refractivity contribution in [2.45, 2.75) is 57.3 Å². The third-order valence-electron chi connectivity index (χ3n) is 6.05. The highest BCUT2D eigenvalue weighted by Gasteiger charge is 2.29. The molecule has 198 valence electrons. The topological polar surface area (TPSA) is 91.7 Å². The van der Waals surface area contributed by atoms with Crippen LogP contribution in [0.3, 0.4) is 0 Å². The lowest BCUT2D eigenvalue weighted by Crippen LogP contribution is -2.20. The number of methoxy groups -OCH3 is 1. The van der Waals surface area contributed by atoms with Crippen molar-refractivity contribution in [3.8, 4) is 5.75 Å². The molecule has 0 N–H and O–H groups in total. The van der Waals surface area contributed by atoms with Crippen LogP contribution in [0.5, 0.6) is 5.75 Å². The molecule has 0 amide bonds. The van der Waals surface area contributed by atoms with E-state index in [1.165, 1.54) is 44.5 Å². The van der Waals surface area contributed by atoms with E-state index in [1.54, 1.807) is 31.2 Å². The molecule has 1 unspecified atom stereocenters. The Morgan fingerprint density at radius 1 is 1.08 bits per heavy atom. The highest BCUT2D eigenvalue weighted by atomic mass is 32.2. The van der Waals surface area contributed by atoms with Crippen LogP contribution < -0.4 is 4.74 Å². The molecule has 7 nitrogen and oxygen atoms in total. The molecule has 1 heterocycles. The molecule has 0 bridgehead atoms. The molecule has 0 fully saturated rings. The third kappa shape index (κ3) is 6.85. The minimum atomic E-state index is -4.05. The number of hydrogen-bond donors (Lipinski definition) is 0. The molecule has 0 saturated carbocycles. The number of esters is 1. The number of rotatable bonds is 12. The van der Waals surface area contributed by atoms with Crippen LogP contribution in [0.4, 0.5) is 4.39 Å². The van der Waals surface area contributed by atoms with Crippen molar-refractivity contribution in [2.24, 2.45) is 0 Å². The number of aromatic nitrogens is 1. The number of Topliss-reactive ketones (excluding diaryl/α,β-unsaturated/α-hetero) is 1. The average Bonchev–Trinajstić information content (AvgIpc) is 3.27. The molecule has 2 aromatic carbocycles. The van der Waals surface area contributed by atoms with Gasteiger partial charge in [0.1, 0.15) is 5.78 Å². The maximum absolute atomic E-state index is 14.7. The zero-order chi connectivity index (χ0) is 27.2. The van der Waals surface area contributed by atoms with Crippen LogP contribution in [-0.4, -0.2) is 37.9 Å². The van der Waals surface area contributed by atoms with Gasteiger partial charge in [-0.05, 0) is 75.1 Å². The average molecular weight is 530 g/mol. The van der Waals surface area contributed by atoms with Crippen molar-refractivity contribution >= 4 is 21.8 Å². The lowest BCUT2D eigenvalue weighted by atomic mass is 9.92. The van der Waals surface area contributed by atoms with E-state index in [4.69, 9.17) is 9.47 Å². The van der Waals surface area contributed by atoms with Crippen LogP contribution in [0.2, 0.25) is 0 Å². The normalized spacial score (nSPS) is 12.2.